The highest BCUT2D eigenvalue weighted by Gasteiger charge is 2.32. The molecule has 1 heterocycles. The Kier molecular flexibility index (Phi) is 4.64. The van der Waals surface area contributed by atoms with Crippen molar-refractivity contribution in [1.82, 2.24) is 10.2 Å². The van der Waals surface area contributed by atoms with Crippen LogP contribution in [0.15, 0.2) is 18.2 Å². The molecule has 0 saturated carbocycles. The lowest BCUT2D eigenvalue weighted by molar-refractivity contribution is 0.0116. The van der Waals surface area contributed by atoms with E-state index in [0.29, 0.717) is 30.2 Å². The van der Waals surface area contributed by atoms with Gasteiger partial charge in [-0.05, 0) is 39.0 Å². The Labute approximate surface area is 129 Å². The van der Waals surface area contributed by atoms with E-state index in [2.05, 4.69) is 5.32 Å². The van der Waals surface area contributed by atoms with Gasteiger partial charge in [0, 0.05) is 30.2 Å². The Balaban J connectivity index is 2.27. The number of hydrogen-bond donors (Lipinski definition) is 2. The number of phenols is 1. The number of piperazine rings is 1. The molecule has 0 radical (unpaired) electrons. The van der Waals surface area contributed by atoms with E-state index in [1.807, 2.05) is 20.8 Å². The van der Waals surface area contributed by atoms with Crippen molar-refractivity contribution < 1.29 is 14.6 Å². The van der Waals surface area contributed by atoms with E-state index < -0.39 is 5.60 Å². The highest BCUT2D eigenvalue weighted by Crippen LogP contribution is 2.32. The summed E-state index contributed by atoms with van der Waals surface area (Å²) in [5.41, 5.74) is 0.0728. The van der Waals surface area contributed by atoms with Gasteiger partial charge in [-0.3, -0.25) is 4.90 Å². The summed E-state index contributed by atoms with van der Waals surface area (Å²) in [7, 11) is 0. The first-order valence-corrected chi connectivity index (χ1v) is 7.34. The molecular formula is C15H21ClN2O3. The van der Waals surface area contributed by atoms with Crippen LogP contribution in [0.1, 0.15) is 32.4 Å². The molecule has 1 aromatic rings. The molecule has 0 bridgehead atoms. The van der Waals surface area contributed by atoms with Crippen LogP contribution in [0.3, 0.4) is 0 Å². The zero-order valence-electron chi connectivity index (χ0n) is 12.5. The van der Waals surface area contributed by atoms with E-state index in [1.165, 1.54) is 0 Å². The highest BCUT2D eigenvalue weighted by molar-refractivity contribution is 6.30. The predicted molar refractivity (Wildman–Crippen MR) is 81.7 cm³/mol. The third kappa shape index (κ3) is 4.02. The van der Waals surface area contributed by atoms with E-state index in [0.717, 1.165) is 0 Å². The van der Waals surface area contributed by atoms with E-state index in [4.69, 9.17) is 16.3 Å². The number of rotatable bonds is 1. The molecule has 1 aromatic carbocycles. The Morgan fingerprint density at radius 3 is 2.86 bits per heavy atom. The van der Waals surface area contributed by atoms with Gasteiger partial charge in [-0.25, -0.2) is 4.79 Å². The summed E-state index contributed by atoms with van der Waals surface area (Å²) < 4.78 is 5.44. The second kappa shape index (κ2) is 6.12. The lowest BCUT2D eigenvalue weighted by Gasteiger charge is -2.37. The summed E-state index contributed by atoms with van der Waals surface area (Å²) in [5.74, 6) is 0.127. The number of nitrogens with zero attached hydrogens (tertiary/aromatic N) is 1. The smallest absolute Gasteiger partial charge is 0.410 e. The molecule has 2 rings (SSSR count). The third-order valence-electron chi connectivity index (χ3n) is 3.22. The van der Waals surface area contributed by atoms with Gasteiger partial charge in [0.05, 0.1) is 6.04 Å². The molecule has 1 atom stereocenters. The lowest BCUT2D eigenvalue weighted by atomic mass is 10.0. The number of ether oxygens (including phenoxy) is 1. The number of phenolic OH excluding ortho intramolecular Hbond substituents is 1. The first kappa shape index (κ1) is 15.9. The summed E-state index contributed by atoms with van der Waals surface area (Å²) in [6.45, 7) is 7.26. The number of aromatic hydroxyl groups is 1. The van der Waals surface area contributed by atoms with Gasteiger partial charge in [0.2, 0.25) is 0 Å². The fourth-order valence-electron chi connectivity index (χ4n) is 2.31. The Morgan fingerprint density at radius 1 is 1.48 bits per heavy atom. The van der Waals surface area contributed by atoms with Crippen LogP contribution in [0.2, 0.25) is 5.02 Å². The van der Waals surface area contributed by atoms with Gasteiger partial charge in [0.15, 0.2) is 0 Å². The van der Waals surface area contributed by atoms with Gasteiger partial charge >= 0.3 is 6.09 Å². The van der Waals surface area contributed by atoms with Crippen molar-refractivity contribution in [2.24, 2.45) is 0 Å². The first-order valence-electron chi connectivity index (χ1n) is 6.97. The predicted octanol–water partition coefficient (Wildman–Crippen LogP) is 2.93. The maximum atomic E-state index is 12.4. The van der Waals surface area contributed by atoms with Crippen LogP contribution in [-0.4, -0.2) is 41.3 Å². The number of amides is 1. The first-order chi connectivity index (χ1) is 9.78. The van der Waals surface area contributed by atoms with E-state index in [-0.39, 0.29) is 17.9 Å². The van der Waals surface area contributed by atoms with E-state index in [9.17, 15) is 9.90 Å². The SMILES string of the molecule is CC(C)(C)OC(=O)N1CCNCC1c1cc(Cl)ccc1O. The van der Waals surface area contributed by atoms with Crippen molar-refractivity contribution in [2.45, 2.75) is 32.4 Å². The van der Waals surface area contributed by atoms with Crippen LogP contribution >= 0.6 is 11.6 Å². The average molecular weight is 313 g/mol. The third-order valence-corrected chi connectivity index (χ3v) is 3.46. The van der Waals surface area contributed by atoms with Gasteiger partial charge in [-0.1, -0.05) is 11.6 Å². The summed E-state index contributed by atoms with van der Waals surface area (Å²) in [5, 5.41) is 13.8. The molecule has 0 aliphatic carbocycles. The van der Waals surface area contributed by atoms with Gasteiger partial charge in [-0.2, -0.15) is 0 Å². The second-order valence-electron chi connectivity index (χ2n) is 6.10. The molecule has 1 fully saturated rings. The summed E-state index contributed by atoms with van der Waals surface area (Å²) in [4.78, 5) is 14.0. The van der Waals surface area contributed by atoms with Gasteiger partial charge in [-0.15, -0.1) is 0 Å². The van der Waals surface area contributed by atoms with Crippen LogP contribution in [0.5, 0.6) is 5.75 Å². The lowest BCUT2D eigenvalue weighted by Crippen LogP contribution is -2.50. The Morgan fingerprint density at radius 2 is 2.19 bits per heavy atom. The summed E-state index contributed by atoms with van der Waals surface area (Å²) >= 11 is 6.00. The Hall–Kier alpha value is -1.46. The Bertz CT molecular complexity index is 528. The van der Waals surface area contributed by atoms with Crippen LogP contribution in [0.25, 0.3) is 0 Å². The molecule has 21 heavy (non-hydrogen) atoms. The fraction of sp³-hybridized carbons (Fsp3) is 0.533. The van der Waals surface area contributed by atoms with Crippen molar-refractivity contribution in [3.8, 4) is 5.75 Å². The number of carbonyl (C=O) groups excluding carboxylic acids is 1. The van der Waals surface area contributed by atoms with Crippen molar-refractivity contribution in [1.29, 1.82) is 0 Å². The number of benzene rings is 1. The molecule has 1 aliphatic heterocycles. The molecule has 1 saturated heterocycles. The normalized spacial score (nSPS) is 19.4. The minimum Gasteiger partial charge on any atom is -0.508 e. The van der Waals surface area contributed by atoms with Crippen molar-refractivity contribution in [3.05, 3.63) is 28.8 Å². The van der Waals surface area contributed by atoms with Gasteiger partial charge in [0.25, 0.3) is 0 Å². The average Bonchev–Trinajstić information content (AvgIpc) is 2.39. The van der Waals surface area contributed by atoms with Crippen molar-refractivity contribution >= 4 is 17.7 Å². The quantitative estimate of drug-likeness (QED) is 0.837. The standard InChI is InChI=1S/C15H21ClN2O3/c1-15(2,3)21-14(20)18-7-6-17-9-12(18)11-8-10(16)4-5-13(11)19/h4-5,8,12,17,19H,6-7,9H2,1-3H3. The minimum atomic E-state index is -0.553. The van der Waals surface area contributed by atoms with Crippen LogP contribution in [0.4, 0.5) is 4.79 Å². The maximum absolute atomic E-state index is 12.4. The summed E-state index contributed by atoms with van der Waals surface area (Å²) in [6, 6.07) is 4.55. The number of nitrogens with one attached hydrogen (secondary N) is 1. The topological polar surface area (TPSA) is 61.8 Å². The number of carbonyl (C=O) groups is 1. The molecule has 0 aromatic heterocycles. The van der Waals surface area contributed by atoms with E-state index >= 15 is 0 Å². The summed E-state index contributed by atoms with van der Waals surface area (Å²) in [6.07, 6.45) is -0.381. The maximum Gasteiger partial charge on any atom is 0.410 e. The van der Waals surface area contributed by atoms with Gasteiger partial charge < -0.3 is 15.2 Å². The monoisotopic (exact) mass is 312 g/mol. The molecule has 1 aliphatic rings. The van der Waals surface area contributed by atoms with Crippen molar-refractivity contribution in [2.75, 3.05) is 19.6 Å². The molecule has 116 valence electrons. The largest absolute Gasteiger partial charge is 0.508 e. The molecule has 5 nitrogen and oxygen atoms in total. The fourth-order valence-corrected chi connectivity index (χ4v) is 2.49. The minimum absolute atomic E-state index is 0.127. The molecule has 1 amide bonds. The highest BCUT2D eigenvalue weighted by atomic mass is 35.5. The molecule has 2 N–H and O–H groups in total. The molecule has 0 spiro atoms. The molecular weight excluding hydrogens is 292 g/mol. The second-order valence-corrected chi connectivity index (χ2v) is 6.53. The molecule has 1 unspecified atom stereocenters. The van der Waals surface area contributed by atoms with Gasteiger partial charge in [0.1, 0.15) is 11.4 Å². The number of hydrogen-bond acceptors (Lipinski definition) is 4. The zero-order chi connectivity index (χ0) is 15.6. The number of halogens is 1. The zero-order valence-corrected chi connectivity index (χ0v) is 13.3. The van der Waals surface area contributed by atoms with Crippen LogP contribution in [-0.2, 0) is 4.74 Å². The van der Waals surface area contributed by atoms with Crippen LogP contribution < -0.4 is 5.32 Å². The van der Waals surface area contributed by atoms with Crippen LogP contribution in [0, 0.1) is 0 Å². The van der Waals surface area contributed by atoms with E-state index in [1.54, 1.807) is 23.1 Å². The molecule has 6 heteroatoms. The van der Waals surface area contributed by atoms with Crippen molar-refractivity contribution in [3.63, 3.8) is 0 Å².